The first-order valence-corrected chi connectivity index (χ1v) is 6.12. The molecule has 0 spiro atoms. The molecule has 1 aromatic heterocycles. The topological polar surface area (TPSA) is 62.2 Å². The molecule has 0 atom stereocenters. The maximum absolute atomic E-state index is 4.41. The molecule has 1 heterocycles. The Morgan fingerprint density at radius 1 is 1.29 bits per heavy atom. The summed E-state index contributed by atoms with van der Waals surface area (Å²) in [7, 11) is 1.85. The zero-order chi connectivity index (χ0) is 12.5. The molecule has 0 fully saturated rings. The van der Waals surface area contributed by atoms with Gasteiger partial charge in [0.05, 0.1) is 11.9 Å². The number of hydrogen-bond acceptors (Lipinski definition) is 5. The van der Waals surface area contributed by atoms with Crippen LogP contribution in [-0.4, -0.2) is 23.0 Å². The van der Waals surface area contributed by atoms with Gasteiger partial charge in [-0.05, 0) is 18.9 Å². The molecule has 0 amide bonds. The van der Waals surface area contributed by atoms with Crippen molar-refractivity contribution in [1.29, 1.82) is 0 Å². The van der Waals surface area contributed by atoms with Crippen LogP contribution >= 0.6 is 0 Å². The van der Waals surface area contributed by atoms with Gasteiger partial charge in [0.2, 0.25) is 0 Å². The Bertz CT molecular complexity index is 354. The predicted octanol–water partition coefficient (Wildman–Crippen LogP) is 2.89. The molecular weight excluding hydrogens is 214 g/mol. The molecule has 1 rings (SSSR count). The van der Waals surface area contributed by atoms with Crippen molar-refractivity contribution in [2.75, 3.05) is 17.8 Å². The van der Waals surface area contributed by atoms with Gasteiger partial charge in [-0.1, -0.05) is 26.7 Å². The van der Waals surface area contributed by atoms with E-state index in [1.54, 1.807) is 6.20 Å². The molecule has 0 aliphatic heterocycles. The second kappa shape index (κ2) is 7.60. The highest BCUT2D eigenvalue weighted by molar-refractivity contribution is 5.85. The Morgan fingerprint density at radius 3 is 2.59 bits per heavy atom. The Kier molecular flexibility index (Phi) is 5.99. The molecule has 17 heavy (non-hydrogen) atoms. The minimum atomic E-state index is 0.666. The molecule has 0 radical (unpaired) electrons. The molecule has 94 valence electrons. The molecule has 0 aliphatic carbocycles. The first-order chi connectivity index (χ1) is 8.31. The number of anilines is 2. The summed E-state index contributed by atoms with van der Waals surface area (Å²) in [4.78, 5) is 0. The molecule has 0 saturated carbocycles. The summed E-state index contributed by atoms with van der Waals surface area (Å²) in [6.45, 7) is 4.32. The Morgan fingerprint density at radius 2 is 2.00 bits per heavy atom. The van der Waals surface area contributed by atoms with E-state index in [1.807, 2.05) is 13.1 Å². The van der Waals surface area contributed by atoms with Crippen molar-refractivity contribution >= 4 is 17.2 Å². The quantitative estimate of drug-likeness (QED) is 0.563. The highest BCUT2D eigenvalue weighted by Crippen LogP contribution is 2.15. The van der Waals surface area contributed by atoms with Gasteiger partial charge >= 0.3 is 0 Å². The molecular formula is C12H21N5. The lowest BCUT2D eigenvalue weighted by Crippen LogP contribution is -2.05. The van der Waals surface area contributed by atoms with Crippen LogP contribution in [-0.2, 0) is 0 Å². The summed E-state index contributed by atoms with van der Waals surface area (Å²) in [6.07, 6.45) is 5.92. The van der Waals surface area contributed by atoms with Crippen molar-refractivity contribution in [3.8, 4) is 0 Å². The van der Waals surface area contributed by atoms with Gasteiger partial charge in [0.25, 0.3) is 0 Å². The SMILES string of the molecule is CCCC(CCC)=NNc1nnccc1NC. The highest BCUT2D eigenvalue weighted by Gasteiger charge is 2.02. The van der Waals surface area contributed by atoms with Gasteiger partial charge in [-0.25, -0.2) is 0 Å². The summed E-state index contributed by atoms with van der Waals surface area (Å²) in [5.41, 5.74) is 5.07. The molecule has 1 aromatic rings. The van der Waals surface area contributed by atoms with E-state index in [1.165, 1.54) is 5.71 Å². The Labute approximate surface area is 103 Å². The molecule has 5 nitrogen and oxygen atoms in total. The third-order valence-electron chi connectivity index (χ3n) is 2.39. The lowest BCUT2D eigenvalue weighted by molar-refractivity contribution is 0.906. The van der Waals surface area contributed by atoms with Crippen molar-refractivity contribution < 1.29 is 0 Å². The lowest BCUT2D eigenvalue weighted by atomic mass is 10.1. The number of hydrogen-bond donors (Lipinski definition) is 2. The van der Waals surface area contributed by atoms with E-state index in [9.17, 15) is 0 Å². The van der Waals surface area contributed by atoms with E-state index in [0.29, 0.717) is 5.82 Å². The van der Waals surface area contributed by atoms with Crippen molar-refractivity contribution in [1.82, 2.24) is 10.2 Å². The van der Waals surface area contributed by atoms with E-state index in [0.717, 1.165) is 31.4 Å². The largest absolute Gasteiger partial charge is 0.385 e. The van der Waals surface area contributed by atoms with Gasteiger partial charge in [0.15, 0.2) is 5.82 Å². The summed E-state index contributed by atoms with van der Waals surface area (Å²) >= 11 is 0. The molecule has 5 heteroatoms. The number of aromatic nitrogens is 2. The summed E-state index contributed by atoms with van der Waals surface area (Å²) in [5, 5.41) is 15.3. The van der Waals surface area contributed by atoms with Gasteiger partial charge < -0.3 is 5.32 Å². The average molecular weight is 235 g/mol. The average Bonchev–Trinajstić information content (AvgIpc) is 2.37. The third-order valence-corrected chi connectivity index (χ3v) is 2.39. The van der Waals surface area contributed by atoms with Crippen LogP contribution in [0.5, 0.6) is 0 Å². The van der Waals surface area contributed by atoms with Gasteiger partial charge in [-0.3, -0.25) is 5.43 Å². The summed E-state index contributed by atoms with van der Waals surface area (Å²) in [5.74, 6) is 0.666. The zero-order valence-corrected chi connectivity index (χ0v) is 10.8. The number of hydrazone groups is 1. The van der Waals surface area contributed by atoms with E-state index < -0.39 is 0 Å². The van der Waals surface area contributed by atoms with Crippen LogP contribution in [0.1, 0.15) is 39.5 Å². The molecule has 0 unspecified atom stereocenters. The number of nitrogens with zero attached hydrogens (tertiary/aromatic N) is 3. The predicted molar refractivity (Wildman–Crippen MR) is 72.5 cm³/mol. The monoisotopic (exact) mass is 235 g/mol. The molecule has 0 bridgehead atoms. The van der Waals surface area contributed by atoms with Crippen molar-refractivity contribution in [2.45, 2.75) is 39.5 Å². The maximum atomic E-state index is 4.41. The smallest absolute Gasteiger partial charge is 0.192 e. The van der Waals surface area contributed by atoms with Crippen LogP contribution in [0.4, 0.5) is 11.5 Å². The van der Waals surface area contributed by atoms with Gasteiger partial charge in [0, 0.05) is 12.8 Å². The Hall–Kier alpha value is -1.65. The molecule has 0 saturated heterocycles. The normalized spacial score (nSPS) is 9.82. The van der Waals surface area contributed by atoms with Gasteiger partial charge in [-0.15, -0.1) is 5.10 Å². The maximum Gasteiger partial charge on any atom is 0.192 e. The van der Waals surface area contributed by atoms with E-state index in [2.05, 4.69) is 39.9 Å². The van der Waals surface area contributed by atoms with Crippen LogP contribution in [0.25, 0.3) is 0 Å². The van der Waals surface area contributed by atoms with Crippen LogP contribution in [0.3, 0.4) is 0 Å². The van der Waals surface area contributed by atoms with Crippen LogP contribution < -0.4 is 10.7 Å². The summed E-state index contributed by atoms with van der Waals surface area (Å²) < 4.78 is 0. The van der Waals surface area contributed by atoms with E-state index in [4.69, 9.17) is 0 Å². The van der Waals surface area contributed by atoms with Gasteiger partial charge in [-0.2, -0.15) is 10.2 Å². The minimum Gasteiger partial charge on any atom is -0.385 e. The fourth-order valence-electron chi connectivity index (χ4n) is 1.56. The van der Waals surface area contributed by atoms with Gasteiger partial charge in [0.1, 0.15) is 0 Å². The first-order valence-electron chi connectivity index (χ1n) is 6.12. The van der Waals surface area contributed by atoms with E-state index in [-0.39, 0.29) is 0 Å². The second-order valence-corrected chi connectivity index (χ2v) is 3.83. The first kappa shape index (κ1) is 13.4. The van der Waals surface area contributed by atoms with Crippen LogP contribution in [0.15, 0.2) is 17.4 Å². The van der Waals surface area contributed by atoms with Crippen LogP contribution in [0, 0.1) is 0 Å². The zero-order valence-electron chi connectivity index (χ0n) is 10.8. The lowest BCUT2D eigenvalue weighted by Gasteiger charge is -2.07. The number of rotatable bonds is 7. The van der Waals surface area contributed by atoms with Crippen LogP contribution in [0.2, 0.25) is 0 Å². The molecule has 0 aromatic carbocycles. The van der Waals surface area contributed by atoms with Crippen molar-refractivity contribution in [3.05, 3.63) is 12.3 Å². The molecule has 2 N–H and O–H groups in total. The highest BCUT2D eigenvalue weighted by atomic mass is 15.4. The Balaban J connectivity index is 2.71. The minimum absolute atomic E-state index is 0.666. The third kappa shape index (κ3) is 4.38. The summed E-state index contributed by atoms with van der Waals surface area (Å²) in [6, 6.07) is 1.87. The fourth-order valence-corrected chi connectivity index (χ4v) is 1.56. The standard InChI is InChI=1S/C12H21N5/c1-4-6-10(7-5-2)15-17-12-11(13-3)8-9-14-16-12/h8-9H,4-7H2,1-3H3,(H,13,14)(H,16,17). The van der Waals surface area contributed by atoms with E-state index >= 15 is 0 Å². The fraction of sp³-hybridized carbons (Fsp3) is 0.583. The second-order valence-electron chi connectivity index (χ2n) is 3.83. The van der Waals surface area contributed by atoms with Crippen molar-refractivity contribution in [2.24, 2.45) is 5.10 Å². The molecule has 0 aliphatic rings. The van der Waals surface area contributed by atoms with Crippen molar-refractivity contribution in [3.63, 3.8) is 0 Å². The number of nitrogens with one attached hydrogen (secondary N) is 2.